The lowest BCUT2D eigenvalue weighted by Gasteiger charge is -2.16. The molecule has 1 aromatic carbocycles. The van der Waals surface area contributed by atoms with Crippen LogP contribution in [0, 0.1) is 6.92 Å². The maximum atomic E-state index is 13.3. The zero-order valence-electron chi connectivity index (χ0n) is 15.5. The van der Waals surface area contributed by atoms with E-state index in [9.17, 15) is 4.79 Å². The van der Waals surface area contributed by atoms with E-state index in [-0.39, 0.29) is 11.9 Å². The van der Waals surface area contributed by atoms with Gasteiger partial charge in [0.2, 0.25) is 0 Å². The molecule has 2 aliphatic rings. The number of carbonyl (C=O) groups excluding carboxylic acids is 1. The Morgan fingerprint density at radius 1 is 1.25 bits per heavy atom. The number of halogens is 1. The van der Waals surface area contributed by atoms with Gasteiger partial charge < -0.3 is 9.42 Å². The molecule has 1 aliphatic heterocycles. The molecule has 0 radical (unpaired) electrons. The van der Waals surface area contributed by atoms with Crippen LogP contribution in [0.5, 0.6) is 0 Å². The van der Waals surface area contributed by atoms with Gasteiger partial charge in [-0.05, 0) is 32.3 Å². The molecule has 8 heteroatoms. The molecule has 2 aromatic heterocycles. The second-order valence-corrected chi connectivity index (χ2v) is 7.94. The highest BCUT2D eigenvalue weighted by Gasteiger charge is 2.34. The molecule has 0 N–H and O–H groups in total. The largest absolute Gasteiger partial charge is 0.360 e. The van der Waals surface area contributed by atoms with Crippen LogP contribution in [0.4, 0.5) is 0 Å². The summed E-state index contributed by atoms with van der Waals surface area (Å²) in [6.07, 6.45) is 5.29. The second-order valence-electron chi connectivity index (χ2n) is 7.53. The van der Waals surface area contributed by atoms with Gasteiger partial charge in [-0.25, -0.2) is 4.68 Å². The summed E-state index contributed by atoms with van der Waals surface area (Å²) in [5.74, 6) is 0.990. The summed E-state index contributed by atoms with van der Waals surface area (Å²) in [5.41, 5.74) is 2.74. The molecule has 0 spiro atoms. The summed E-state index contributed by atoms with van der Waals surface area (Å²) in [4.78, 5) is 15.1. The summed E-state index contributed by atoms with van der Waals surface area (Å²) in [6, 6.07) is 7.49. The highest BCUT2D eigenvalue weighted by molar-refractivity contribution is 6.33. The topological polar surface area (TPSA) is 77.0 Å². The van der Waals surface area contributed by atoms with Gasteiger partial charge >= 0.3 is 0 Å². The number of nitrogens with zero attached hydrogens (tertiary/aromatic N) is 5. The fourth-order valence-corrected chi connectivity index (χ4v) is 4.02. The first kappa shape index (κ1) is 17.4. The third-order valence-electron chi connectivity index (χ3n) is 5.55. The Kier molecular flexibility index (Phi) is 4.19. The molecule has 1 aliphatic carbocycles. The van der Waals surface area contributed by atoms with E-state index in [0.717, 1.165) is 12.1 Å². The van der Waals surface area contributed by atoms with Crippen molar-refractivity contribution in [3.63, 3.8) is 0 Å². The molecule has 3 heterocycles. The van der Waals surface area contributed by atoms with Crippen molar-refractivity contribution in [2.75, 3.05) is 13.1 Å². The normalized spacial score (nSPS) is 19.4. The molecule has 28 heavy (non-hydrogen) atoms. The minimum atomic E-state index is -0.0845. The van der Waals surface area contributed by atoms with E-state index >= 15 is 0 Å². The zero-order valence-corrected chi connectivity index (χ0v) is 16.3. The Morgan fingerprint density at radius 2 is 2.07 bits per heavy atom. The van der Waals surface area contributed by atoms with E-state index in [1.807, 2.05) is 34.0 Å². The molecule has 1 unspecified atom stereocenters. The van der Waals surface area contributed by atoms with Crippen LogP contribution >= 0.6 is 11.6 Å². The summed E-state index contributed by atoms with van der Waals surface area (Å²) < 4.78 is 7.26. The van der Waals surface area contributed by atoms with Gasteiger partial charge in [-0.3, -0.25) is 4.79 Å². The van der Waals surface area contributed by atoms with Crippen molar-refractivity contribution in [2.24, 2.45) is 0 Å². The molecular weight excluding hydrogens is 378 g/mol. The fraction of sp³-hybridized carbons (Fsp3) is 0.400. The number of amides is 1. The molecule has 144 valence electrons. The van der Waals surface area contributed by atoms with Crippen molar-refractivity contribution >= 4 is 17.5 Å². The third-order valence-corrected chi connectivity index (χ3v) is 5.88. The predicted octanol–water partition coefficient (Wildman–Crippen LogP) is 3.86. The lowest BCUT2D eigenvalue weighted by Crippen LogP contribution is -2.29. The van der Waals surface area contributed by atoms with Crippen LogP contribution < -0.4 is 0 Å². The SMILES string of the molecule is Cc1onc(-c2ccccc2Cl)c1C(=O)N1CCC(n2cc(C3CC3)nn2)C1. The molecule has 5 rings (SSSR count). The molecule has 7 nitrogen and oxygen atoms in total. The minimum absolute atomic E-state index is 0.0845. The number of carbonyl (C=O) groups is 1. The van der Waals surface area contributed by atoms with Crippen molar-refractivity contribution in [1.29, 1.82) is 0 Å². The summed E-state index contributed by atoms with van der Waals surface area (Å²) in [5, 5.41) is 13.2. The molecule has 0 bridgehead atoms. The van der Waals surface area contributed by atoms with Gasteiger partial charge in [0.15, 0.2) is 0 Å². The van der Waals surface area contributed by atoms with E-state index in [2.05, 4.69) is 15.5 Å². The van der Waals surface area contributed by atoms with Gasteiger partial charge in [-0.15, -0.1) is 5.10 Å². The number of rotatable bonds is 4. The van der Waals surface area contributed by atoms with Crippen LogP contribution in [-0.2, 0) is 0 Å². The number of benzene rings is 1. The molecule has 3 aromatic rings. The quantitative estimate of drug-likeness (QED) is 0.668. The Labute approximate surface area is 167 Å². The molecule has 1 saturated carbocycles. The minimum Gasteiger partial charge on any atom is -0.360 e. The number of hydrogen-bond acceptors (Lipinski definition) is 5. The van der Waals surface area contributed by atoms with Gasteiger partial charge in [0.1, 0.15) is 17.0 Å². The molecule has 1 atom stereocenters. The van der Waals surface area contributed by atoms with E-state index in [4.69, 9.17) is 16.1 Å². The third kappa shape index (κ3) is 2.99. The second kappa shape index (κ2) is 6.74. The van der Waals surface area contributed by atoms with Gasteiger partial charge in [-0.1, -0.05) is 40.2 Å². The lowest BCUT2D eigenvalue weighted by atomic mass is 10.1. The number of hydrogen-bond donors (Lipinski definition) is 0. The molecular formula is C20H20ClN5O2. The van der Waals surface area contributed by atoms with Gasteiger partial charge in [0.25, 0.3) is 5.91 Å². The zero-order chi connectivity index (χ0) is 19.3. The Bertz CT molecular complexity index is 1040. The summed E-state index contributed by atoms with van der Waals surface area (Å²) in [6.45, 7) is 3.01. The van der Waals surface area contributed by atoms with Crippen LogP contribution in [0.15, 0.2) is 35.0 Å². The van der Waals surface area contributed by atoms with E-state index < -0.39 is 0 Å². The Morgan fingerprint density at radius 3 is 2.86 bits per heavy atom. The average Bonchev–Trinajstić information content (AvgIpc) is 3.10. The van der Waals surface area contributed by atoms with E-state index in [0.29, 0.717) is 46.6 Å². The Hall–Kier alpha value is -2.67. The average molecular weight is 398 g/mol. The van der Waals surface area contributed by atoms with Gasteiger partial charge in [-0.2, -0.15) is 0 Å². The monoisotopic (exact) mass is 397 g/mol. The maximum absolute atomic E-state index is 13.3. The van der Waals surface area contributed by atoms with Crippen LogP contribution in [-0.4, -0.2) is 44.0 Å². The first-order valence-electron chi connectivity index (χ1n) is 9.54. The number of aromatic nitrogens is 4. The lowest BCUT2D eigenvalue weighted by molar-refractivity contribution is 0.0786. The van der Waals surface area contributed by atoms with Gasteiger partial charge in [0, 0.05) is 30.8 Å². The summed E-state index contributed by atoms with van der Waals surface area (Å²) >= 11 is 6.32. The predicted molar refractivity (Wildman–Crippen MR) is 103 cm³/mol. The Balaban J connectivity index is 1.38. The smallest absolute Gasteiger partial charge is 0.259 e. The van der Waals surface area contributed by atoms with Crippen molar-refractivity contribution in [1.82, 2.24) is 25.1 Å². The highest BCUT2D eigenvalue weighted by atomic mass is 35.5. The van der Waals surface area contributed by atoms with Crippen LogP contribution in [0.1, 0.15) is 53.0 Å². The van der Waals surface area contributed by atoms with E-state index in [1.54, 1.807) is 13.0 Å². The van der Waals surface area contributed by atoms with E-state index in [1.165, 1.54) is 12.8 Å². The van der Waals surface area contributed by atoms with Crippen molar-refractivity contribution in [3.8, 4) is 11.3 Å². The van der Waals surface area contributed by atoms with Crippen LogP contribution in [0.2, 0.25) is 5.02 Å². The maximum Gasteiger partial charge on any atom is 0.259 e. The van der Waals surface area contributed by atoms with Crippen LogP contribution in [0.3, 0.4) is 0 Å². The molecule has 2 fully saturated rings. The number of aryl methyl sites for hydroxylation is 1. The summed E-state index contributed by atoms with van der Waals surface area (Å²) in [7, 11) is 0. The van der Waals surface area contributed by atoms with Crippen molar-refractivity contribution < 1.29 is 9.32 Å². The molecule has 1 saturated heterocycles. The fourth-order valence-electron chi connectivity index (χ4n) is 3.80. The first-order chi connectivity index (χ1) is 13.6. The molecule has 1 amide bonds. The standard InChI is InChI=1S/C20H20ClN5O2/c1-12-18(19(23-28-12)15-4-2-3-5-16(15)21)20(27)25-9-8-14(10-25)26-11-17(22-24-26)13-6-7-13/h2-5,11,13-14H,6-10H2,1H3. The first-order valence-corrected chi connectivity index (χ1v) is 9.92. The van der Waals surface area contributed by atoms with Crippen molar-refractivity contribution in [2.45, 2.75) is 38.1 Å². The van der Waals surface area contributed by atoms with Crippen LogP contribution in [0.25, 0.3) is 11.3 Å². The number of likely N-dealkylation sites (tertiary alicyclic amines) is 1. The van der Waals surface area contributed by atoms with Crippen molar-refractivity contribution in [3.05, 3.63) is 52.5 Å². The van der Waals surface area contributed by atoms with Gasteiger partial charge in [0.05, 0.1) is 16.8 Å². The highest BCUT2D eigenvalue weighted by Crippen LogP contribution is 2.39.